The maximum atomic E-state index is 12.0. The Balaban J connectivity index is 2.68. The Labute approximate surface area is 107 Å². The lowest BCUT2D eigenvalue weighted by molar-refractivity contribution is -0.119. The van der Waals surface area contributed by atoms with E-state index in [1.165, 1.54) is 7.11 Å². The van der Waals surface area contributed by atoms with Crippen LogP contribution in [0.15, 0.2) is 30.3 Å². The number of alkyl carbamates (subject to hydrolysis) is 1. The summed E-state index contributed by atoms with van der Waals surface area (Å²) in [5, 5.41) is 5.26. The quantitative estimate of drug-likeness (QED) is 0.859. The van der Waals surface area contributed by atoms with Gasteiger partial charge in [0.1, 0.15) is 6.04 Å². The number of benzene rings is 1. The van der Waals surface area contributed by atoms with E-state index in [4.69, 9.17) is 0 Å². The van der Waals surface area contributed by atoms with Gasteiger partial charge in [-0.1, -0.05) is 32.0 Å². The van der Waals surface area contributed by atoms with E-state index in [1.807, 2.05) is 32.0 Å². The van der Waals surface area contributed by atoms with Gasteiger partial charge in [0, 0.05) is 5.69 Å². The fourth-order valence-electron chi connectivity index (χ4n) is 1.46. The molecule has 0 aliphatic rings. The van der Waals surface area contributed by atoms with E-state index < -0.39 is 12.1 Å². The number of nitrogens with one attached hydrogen (secondary N) is 2. The van der Waals surface area contributed by atoms with Crippen LogP contribution in [0.25, 0.3) is 0 Å². The van der Waals surface area contributed by atoms with E-state index in [-0.39, 0.29) is 11.8 Å². The number of hydrogen-bond acceptors (Lipinski definition) is 3. The third kappa shape index (κ3) is 4.08. The number of hydrogen-bond donors (Lipinski definition) is 2. The number of amides is 2. The molecule has 0 aromatic heterocycles. The predicted molar refractivity (Wildman–Crippen MR) is 69.2 cm³/mol. The number of carbonyl (C=O) groups is 2. The van der Waals surface area contributed by atoms with Gasteiger partial charge >= 0.3 is 6.09 Å². The van der Waals surface area contributed by atoms with Crippen LogP contribution in [0, 0.1) is 5.92 Å². The minimum absolute atomic E-state index is 0.0344. The Hall–Kier alpha value is -2.04. The number of carbonyl (C=O) groups excluding carboxylic acids is 2. The second kappa shape index (κ2) is 6.64. The second-order valence-electron chi connectivity index (χ2n) is 4.21. The van der Waals surface area contributed by atoms with E-state index in [9.17, 15) is 9.59 Å². The molecule has 1 aromatic rings. The molecule has 5 heteroatoms. The van der Waals surface area contributed by atoms with E-state index in [1.54, 1.807) is 12.1 Å². The summed E-state index contributed by atoms with van der Waals surface area (Å²) < 4.78 is 4.50. The summed E-state index contributed by atoms with van der Waals surface area (Å²) in [6.45, 7) is 3.70. The van der Waals surface area contributed by atoms with E-state index in [0.717, 1.165) is 0 Å². The molecular formula is C13H18N2O3. The minimum Gasteiger partial charge on any atom is -0.453 e. The maximum absolute atomic E-state index is 12.0. The normalized spacial score (nSPS) is 11.8. The molecule has 2 amide bonds. The summed E-state index contributed by atoms with van der Waals surface area (Å²) in [5.74, 6) is -0.297. The van der Waals surface area contributed by atoms with Crippen molar-refractivity contribution in [3.63, 3.8) is 0 Å². The molecule has 0 fully saturated rings. The van der Waals surface area contributed by atoms with Crippen molar-refractivity contribution in [2.24, 2.45) is 5.92 Å². The summed E-state index contributed by atoms with van der Waals surface area (Å²) in [4.78, 5) is 23.2. The molecule has 2 N–H and O–H groups in total. The van der Waals surface area contributed by atoms with Gasteiger partial charge in [-0.25, -0.2) is 4.79 Å². The second-order valence-corrected chi connectivity index (χ2v) is 4.21. The Morgan fingerprint density at radius 1 is 1.17 bits per heavy atom. The molecule has 1 unspecified atom stereocenters. The van der Waals surface area contributed by atoms with Gasteiger partial charge in [0.25, 0.3) is 0 Å². The molecule has 98 valence electrons. The highest BCUT2D eigenvalue weighted by molar-refractivity contribution is 5.96. The number of rotatable bonds is 4. The molecule has 18 heavy (non-hydrogen) atoms. The van der Waals surface area contributed by atoms with Gasteiger partial charge in [0.2, 0.25) is 5.91 Å². The van der Waals surface area contributed by atoms with Crippen LogP contribution in [0.1, 0.15) is 13.8 Å². The number of methoxy groups -OCH3 is 1. The lowest BCUT2D eigenvalue weighted by Gasteiger charge is -2.20. The van der Waals surface area contributed by atoms with Crippen molar-refractivity contribution < 1.29 is 14.3 Å². The highest BCUT2D eigenvalue weighted by atomic mass is 16.5. The van der Waals surface area contributed by atoms with Crippen LogP contribution in [-0.4, -0.2) is 25.2 Å². The van der Waals surface area contributed by atoms with Crippen LogP contribution >= 0.6 is 0 Å². The van der Waals surface area contributed by atoms with Crippen molar-refractivity contribution in [1.29, 1.82) is 0 Å². The SMILES string of the molecule is COC(=O)NC(C(=O)Nc1ccccc1)C(C)C. The maximum Gasteiger partial charge on any atom is 0.407 e. The fourth-order valence-corrected chi connectivity index (χ4v) is 1.46. The first-order valence-electron chi connectivity index (χ1n) is 5.75. The molecule has 1 atom stereocenters. The monoisotopic (exact) mass is 250 g/mol. The van der Waals surface area contributed by atoms with E-state index >= 15 is 0 Å². The zero-order valence-corrected chi connectivity index (χ0v) is 10.8. The smallest absolute Gasteiger partial charge is 0.407 e. The van der Waals surface area contributed by atoms with Crippen molar-refractivity contribution in [3.05, 3.63) is 30.3 Å². The molecule has 0 aliphatic heterocycles. The topological polar surface area (TPSA) is 67.4 Å². The van der Waals surface area contributed by atoms with Crippen molar-refractivity contribution in [1.82, 2.24) is 5.32 Å². The molecule has 0 saturated heterocycles. The fraction of sp³-hybridized carbons (Fsp3) is 0.385. The zero-order valence-electron chi connectivity index (χ0n) is 10.8. The van der Waals surface area contributed by atoms with Crippen molar-refractivity contribution in [2.45, 2.75) is 19.9 Å². The van der Waals surface area contributed by atoms with Gasteiger partial charge in [-0.2, -0.15) is 0 Å². The first-order chi connectivity index (χ1) is 8.54. The Morgan fingerprint density at radius 2 is 1.78 bits per heavy atom. The van der Waals surface area contributed by atoms with Crippen molar-refractivity contribution in [2.75, 3.05) is 12.4 Å². The highest BCUT2D eigenvalue weighted by Crippen LogP contribution is 2.09. The summed E-state index contributed by atoms with van der Waals surface area (Å²) in [6, 6.07) is 8.46. The van der Waals surface area contributed by atoms with E-state index in [2.05, 4.69) is 15.4 Å². The number of ether oxygens (including phenoxy) is 1. The zero-order chi connectivity index (χ0) is 13.5. The van der Waals surface area contributed by atoms with Crippen molar-refractivity contribution in [3.8, 4) is 0 Å². The number of anilines is 1. The minimum atomic E-state index is -0.627. The largest absolute Gasteiger partial charge is 0.453 e. The van der Waals surface area contributed by atoms with Gasteiger partial charge in [0.05, 0.1) is 7.11 Å². The molecule has 0 radical (unpaired) electrons. The van der Waals surface area contributed by atoms with Crippen LogP contribution in [0.4, 0.5) is 10.5 Å². The van der Waals surface area contributed by atoms with Crippen LogP contribution in [0.5, 0.6) is 0 Å². The third-order valence-corrected chi connectivity index (χ3v) is 2.45. The van der Waals surface area contributed by atoms with Crippen LogP contribution < -0.4 is 10.6 Å². The molecular weight excluding hydrogens is 232 g/mol. The standard InChI is InChI=1S/C13H18N2O3/c1-9(2)11(15-13(17)18-3)12(16)14-10-7-5-4-6-8-10/h4-9,11H,1-3H3,(H,14,16)(H,15,17). The summed E-state index contributed by atoms with van der Waals surface area (Å²) >= 11 is 0. The Kier molecular flexibility index (Phi) is 5.17. The average molecular weight is 250 g/mol. The van der Waals surface area contributed by atoms with Gasteiger partial charge < -0.3 is 15.4 Å². The Morgan fingerprint density at radius 3 is 2.28 bits per heavy atom. The Bertz CT molecular complexity index is 404. The van der Waals surface area contributed by atoms with E-state index in [0.29, 0.717) is 5.69 Å². The molecule has 1 rings (SSSR count). The third-order valence-electron chi connectivity index (χ3n) is 2.45. The molecule has 1 aromatic carbocycles. The summed E-state index contributed by atoms with van der Waals surface area (Å²) in [5.41, 5.74) is 0.694. The van der Waals surface area contributed by atoms with Gasteiger partial charge in [-0.3, -0.25) is 4.79 Å². The highest BCUT2D eigenvalue weighted by Gasteiger charge is 2.24. The van der Waals surface area contributed by atoms with Crippen LogP contribution in [0.3, 0.4) is 0 Å². The molecule has 0 spiro atoms. The van der Waals surface area contributed by atoms with Crippen LogP contribution in [-0.2, 0) is 9.53 Å². The molecule has 0 bridgehead atoms. The summed E-state index contributed by atoms with van der Waals surface area (Å²) in [7, 11) is 1.27. The van der Waals surface area contributed by atoms with Crippen LogP contribution in [0.2, 0.25) is 0 Å². The first-order valence-corrected chi connectivity index (χ1v) is 5.75. The average Bonchev–Trinajstić information content (AvgIpc) is 2.36. The van der Waals surface area contributed by atoms with Gasteiger partial charge in [0.15, 0.2) is 0 Å². The van der Waals surface area contributed by atoms with Gasteiger partial charge in [-0.15, -0.1) is 0 Å². The molecule has 5 nitrogen and oxygen atoms in total. The van der Waals surface area contributed by atoms with Crippen molar-refractivity contribution >= 4 is 17.7 Å². The van der Waals surface area contributed by atoms with Gasteiger partial charge in [-0.05, 0) is 18.1 Å². The molecule has 0 heterocycles. The lowest BCUT2D eigenvalue weighted by atomic mass is 10.0. The molecule has 0 saturated carbocycles. The lowest BCUT2D eigenvalue weighted by Crippen LogP contribution is -2.47. The number of para-hydroxylation sites is 1. The molecule has 0 aliphatic carbocycles. The predicted octanol–water partition coefficient (Wildman–Crippen LogP) is 2.01. The summed E-state index contributed by atoms with van der Waals surface area (Å²) in [6.07, 6.45) is -0.614. The first kappa shape index (κ1) is 14.0.